The van der Waals surface area contributed by atoms with E-state index < -0.39 is 12.8 Å². The molecule has 9 nitrogen and oxygen atoms in total. The van der Waals surface area contributed by atoms with E-state index in [1.165, 1.54) is 6.20 Å². The van der Waals surface area contributed by atoms with Gasteiger partial charge in [-0.3, -0.25) is 4.98 Å². The smallest absolute Gasteiger partial charge is 0.422 e. The summed E-state index contributed by atoms with van der Waals surface area (Å²) < 4.78 is 49.5. The summed E-state index contributed by atoms with van der Waals surface area (Å²) in [7, 11) is 3.88. The molecule has 12 heteroatoms. The van der Waals surface area contributed by atoms with Gasteiger partial charge in [0.1, 0.15) is 11.5 Å². The first-order valence-electron chi connectivity index (χ1n) is 12.3. The average Bonchev–Trinajstić information content (AvgIpc) is 2.92. The molecule has 0 bridgehead atoms. The first kappa shape index (κ1) is 26.3. The molecule has 0 radical (unpaired) electrons. The third-order valence-electron chi connectivity index (χ3n) is 6.46. The van der Waals surface area contributed by atoms with E-state index in [1.807, 2.05) is 37.2 Å². The summed E-state index contributed by atoms with van der Waals surface area (Å²) in [5.74, 6) is 0.461. The van der Waals surface area contributed by atoms with Crippen molar-refractivity contribution in [3.63, 3.8) is 0 Å². The Labute approximate surface area is 223 Å². The molecule has 2 aromatic heterocycles. The lowest BCUT2D eigenvalue weighted by Crippen LogP contribution is -2.44. The van der Waals surface area contributed by atoms with Crippen LogP contribution >= 0.6 is 0 Å². The van der Waals surface area contributed by atoms with Crippen LogP contribution in [-0.2, 0) is 0 Å². The quantitative estimate of drug-likeness (QED) is 0.349. The molecule has 0 amide bonds. The largest absolute Gasteiger partial charge is 0.493 e. The molecule has 0 spiro atoms. The highest BCUT2D eigenvalue weighted by atomic mass is 19.4. The van der Waals surface area contributed by atoms with Gasteiger partial charge in [0, 0.05) is 50.8 Å². The average molecular weight is 541 g/mol. The highest BCUT2D eigenvalue weighted by Gasteiger charge is 2.29. The van der Waals surface area contributed by atoms with Crippen molar-refractivity contribution in [1.82, 2.24) is 19.9 Å². The highest BCUT2D eigenvalue weighted by Crippen LogP contribution is 2.37. The van der Waals surface area contributed by atoms with Crippen molar-refractivity contribution in [3.05, 3.63) is 60.9 Å². The van der Waals surface area contributed by atoms with Crippen molar-refractivity contribution >= 4 is 28.0 Å². The Hall–Kier alpha value is -4.32. The van der Waals surface area contributed by atoms with Gasteiger partial charge in [0.15, 0.2) is 6.61 Å². The number of benzene rings is 2. The van der Waals surface area contributed by atoms with Gasteiger partial charge in [-0.1, -0.05) is 0 Å². The van der Waals surface area contributed by atoms with Crippen molar-refractivity contribution < 1.29 is 27.8 Å². The zero-order valence-electron chi connectivity index (χ0n) is 21.4. The molecule has 2 aromatic carbocycles. The third kappa shape index (κ3) is 6.23. The normalized spacial score (nSPS) is 14.4. The number of rotatable bonds is 7. The molecule has 0 aliphatic carbocycles. The van der Waals surface area contributed by atoms with Crippen LogP contribution in [0, 0.1) is 0 Å². The monoisotopic (exact) mass is 540 g/mol. The summed E-state index contributed by atoms with van der Waals surface area (Å²) >= 11 is 0. The fraction of sp³-hybridized carbons (Fsp3) is 0.296. The number of fused-ring (bicyclic) bond motifs is 1. The van der Waals surface area contributed by atoms with E-state index in [-0.39, 0.29) is 17.6 Å². The second-order valence-electron chi connectivity index (χ2n) is 9.22. The minimum absolute atomic E-state index is 0.0135. The van der Waals surface area contributed by atoms with Crippen LogP contribution < -0.4 is 19.3 Å². The Balaban J connectivity index is 1.35. The van der Waals surface area contributed by atoms with Crippen molar-refractivity contribution in [1.29, 1.82) is 0 Å². The zero-order chi connectivity index (χ0) is 27.6. The Morgan fingerprint density at radius 2 is 1.69 bits per heavy atom. The van der Waals surface area contributed by atoms with Crippen LogP contribution in [0.15, 0.2) is 60.9 Å². The number of aromatic nitrogens is 3. The van der Waals surface area contributed by atoms with Crippen molar-refractivity contribution in [3.8, 4) is 23.4 Å². The van der Waals surface area contributed by atoms with E-state index in [9.17, 15) is 18.3 Å². The maximum Gasteiger partial charge on any atom is 0.422 e. The fourth-order valence-electron chi connectivity index (χ4n) is 4.27. The molecule has 4 aromatic rings. The lowest BCUT2D eigenvalue weighted by molar-refractivity contribution is -0.153. The third-order valence-corrected chi connectivity index (χ3v) is 6.46. The van der Waals surface area contributed by atoms with Gasteiger partial charge in [0.2, 0.25) is 5.88 Å². The van der Waals surface area contributed by atoms with E-state index >= 15 is 0 Å². The van der Waals surface area contributed by atoms with E-state index in [0.717, 1.165) is 24.5 Å². The SMILES string of the molecule is CN1CCN(c2cc(N(C)c3ccc(Oc4nc(O)c5ccncc5n4)cc3)ccc2OCC(F)(F)F)CC1. The van der Waals surface area contributed by atoms with E-state index in [1.54, 1.807) is 36.5 Å². The maximum atomic E-state index is 12.9. The number of nitrogens with zero attached hydrogens (tertiary/aromatic N) is 6. The number of hydrogen-bond acceptors (Lipinski definition) is 9. The Kier molecular flexibility index (Phi) is 7.29. The molecular formula is C27H27F3N6O3. The summed E-state index contributed by atoms with van der Waals surface area (Å²) in [5.41, 5.74) is 2.68. The minimum atomic E-state index is -4.42. The van der Waals surface area contributed by atoms with Crippen LogP contribution in [0.3, 0.4) is 0 Å². The summed E-state index contributed by atoms with van der Waals surface area (Å²) in [6.07, 6.45) is -1.37. The second-order valence-corrected chi connectivity index (χ2v) is 9.22. The molecule has 1 N–H and O–H groups in total. The summed E-state index contributed by atoms with van der Waals surface area (Å²) in [4.78, 5) is 18.4. The molecule has 1 aliphatic heterocycles. The summed E-state index contributed by atoms with van der Waals surface area (Å²) in [6, 6.07) is 13.9. The number of hydrogen-bond donors (Lipinski definition) is 1. The van der Waals surface area contributed by atoms with Crippen LogP contribution in [0.4, 0.5) is 30.2 Å². The van der Waals surface area contributed by atoms with E-state index in [2.05, 4.69) is 24.8 Å². The molecule has 0 atom stereocenters. The predicted octanol–water partition coefficient (Wildman–Crippen LogP) is 4.98. The van der Waals surface area contributed by atoms with Gasteiger partial charge in [0.25, 0.3) is 0 Å². The molecule has 1 fully saturated rings. The number of likely N-dealkylation sites (N-methyl/N-ethyl adjacent to an activating group) is 1. The van der Waals surface area contributed by atoms with Crippen LogP contribution in [0.2, 0.25) is 0 Å². The van der Waals surface area contributed by atoms with Gasteiger partial charge in [-0.2, -0.15) is 23.1 Å². The highest BCUT2D eigenvalue weighted by molar-refractivity contribution is 5.82. The topological polar surface area (TPSA) is 87.1 Å². The Bertz CT molecular complexity index is 1440. The second kappa shape index (κ2) is 10.8. The van der Waals surface area contributed by atoms with Crippen LogP contribution in [0.5, 0.6) is 23.4 Å². The van der Waals surface area contributed by atoms with Gasteiger partial charge in [-0.15, -0.1) is 0 Å². The number of piperazine rings is 1. The molecule has 0 unspecified atom stereocenters. The van der Waals surface area contributed by atoms with Crippen molar-refractivity contribution in [2.24, 2.45) is 0 Å². The number of halogens is 3. The molecule has 0 saturated carbocycles. The standard InChI is InChI=1S/C27H27F3N6O3/c1-34-11-13-36(14-12-34)23-15-19(5-8-24(23)38-17-27(28,29)30)35(2)18-3-6-20(7-4-18)39-26-32-22-16-31-10-9-21(22)25(37)33-26/h3-10,15-16H,11-14,17H2,1-2H3,(H,32,33,37). The summed E-state index contributed by atoms with van der Waals surface area (Å²) in [5, 5.41) is 10.6. The summed E-state index contributed by atoms with van der Waals surface area (Å²) in [6.45, 7) is 1.62. The molecule has 204 valence electrons. The van der Waals surface area contributed by atoms with Crippen molar-refractivity contribution in [2.45, 2.75) is 6.18 Å². The number of alkyl halides is 3. The van der Waals surface area contributed by atoms with Gasteiger partial charge < -0.3 is 29.3 Å². The lowest BCUT2D eigenvalue weighted by Gasteiger charge is -2.35. The molecule has 5 rings (SSSR count). The van der Waals surface area contributed by atoms with Gasteiger partial charge in [0.05, 0.1) is 22.8 Å². The van der Waals surface area contributed by atoms with Gasteiger partial charge in [-0.05, 0) is 55.6 Å². The predicted molar refractivity (Wildman–Crippen MR) is 141 cm³/mol. The molecule has 1 saturated heterocycles. The first-order valence-corrected chi connectivity index (χ1v) is 12.3. The molecular weight excluding hydrogens is 513 g/mol. The number of aromatic hydroxyl groups is 1. The maximum absolute atomic E-state index is 12.9. The minimum Gasteiger partial charge on any atom is -0.493 e. The zero-order valence-corrected chi connectivity index (χ0v) is 21.4. The molecule has 1 aliphatic rings. The van der Waals surface area contributed by atoms with E-state index in [0.29, 0.717) is 35.4 Å². The van der Waals surface area contributed by atoms with Gasteiger partial charge in [-0.25, -0.2) is 0 Å². The first-order chi connectivity index (χ1) is 18.7. The molecule has 39 heavy (non-hydrogen) atoms. The van der Waals surface area contributed by atoms with Crippen LogP contribution in [-0.4, -0.2) is 78.0 Å². The van der Waals surface area contributed by atoms with Crippen molar-refractivity contribution in [2.75, 3.05) is 56.7 Å². The molecule has 3 heterocycles. The van der Waals surface area contributed by atoms with Gasteiger partial charge >= 0.3 is 12.2 Å². The Morgan fingerprint density at radius 1 is 0.974 bits per heavy atom. The van der Waals surface area contributed by atoms with Crippen LogP contribution in [0.25, 0.3) is 10.9 Å². The van der Waals surface area contributed by atoms with Crippen LogP contribution in [0.1, 0.15) is 0 Å². The Morgan fingerprint density at radius 3 is 2.41 bits per heavy atom. The number of anilines is 3. The van der Waals surface area contributed by atoms with E-state index in [4.69, 9.17) is 9.47 Å². The number of ether oxygens (including phenoxy) is 2. The number of pyridine rings is 1. The fourth-order valence-corrected chi connectivity index (χ4v) is 4.27. The lowest BCUT2D eigenvalue weighted by atomic mass is 10.2.